The number of para-hydroxylation sites is 2. The van der Waals surface area contributed by atoms with E-state index in [1.54, 1.807) is 0 Å². The van der Waals surface area contributed by atoms with Crippen LogP contribution in [0.4, 0.5) is 0 Å². The van der Waals surface area contributed by atoms with Gasteiger partial charge >= 0.3 is 0 Å². The van der Waals surface area contributed by atoms with Crippen molar-refractivity contribution in [3.63, 3.8) is 0 Å². The first-order valence-corrected chi connectivity index (χ1v) is 8.29. The first kappa shape index (κ1) is 13.8. The molecule has 106 valence electrons. The molecular weight excluding hydrogens is 268 g/mol. The fourth-order valence-electron chi connectivity index (χ4n) is 2.36. The number of thioether (sulfide) groups is 1. The van der Waals surface area contributed by atoms with Crippen LogP contribution in [0.1, 0.15) is 5.69 Å². The van der Waals surface area contributed by atoms with Crippen molar-refractivity contribution in [2.75, 3.05) is 37.7 Å². The minimum absolute atomic E-state index is 0.792. The monoisotopic (exact) mass is 288 g/mol. The van der Waals surface area contributed by atoms with Crippen molar-refractivity contribution in [3.05, 3.63) is 36.2 Å². The fourth-order valence-corrected chi connectivity index (χ4v) is 3.34. The molecule has 1 fully saturated rings. The summed E-state index contributed by atoms with van der Waals surface area (Å²) in [6.07, 6.45) is 1.87. The molecule has 1 aromatic carbocycles. The quantitative estimate of drug-likeness (QED) is 0.849. The molecule has 0 aliphatic carbocycles. The molecule has 0 atom stereocenters. The molecule has 1 aliphatic heterocycles. The van der Waals surface area contributed by atoms with Gasteiger partial charge in [-0.05, 0) is 12.1 Å². The summed E-state index contributed by atoms with van der Waals surface area (Å²) in [7, 11) is 0. The van der Waals surface area contributed by atoms with Gasteiger partial charge in [-0.3, -0.25) is 4.98 Å². The zero-order valence-corrected chi connectivity index (χ0v) is 12.4. The van der Waals surface area contributed by atoms with Gasteiger partial charge in [0, 0.05) is 44.2 Å². The zero-order chi connectivity index (χ0) is 13.6. The second-order valence-electron chi connectivity index (χ2n) is 4.98. The van der Waals surface area contributed by atoms with Crippen molar-refractivity contribution in [2.45, 2.75) is 6.54 Å². The van der Waals surface area contributed by atoms with E-state index in [4.69, 9.17) is 0 Å². The largest absolute Gasteiger partial charge is 0.310 e. The predicted molar refractivity (Wildman–Crippen MR) is 85.0 cm³/mol. The standard InChI is InChI=1S/C15H20N4S/c1-2-4-15-14(3-1)17-12-13(18-15)11-16-5-6-19-7-9-20-10-8-19/h1-4,12,16H,5-11H2. The molecule has 2 aromatic rings. The summed E-state index contributed by atoms with van der Waals surface area (Å²) in [6.45, 7) is 5.38. The second kappa shape index (κ2) is 7.02. The summed E-state index contributed by atoms with van der Waals surface area (Å²) < 4.78 is 0. The zero-order valence-electron chi connectivity index (χ0n) is 11.6. The third kappa shape index (κ3) is 3.69. The van der Waals surface area contributed by atoms with Gasteiger partial charge in [0.1, 0.15) is 0 Å². The van der Waals surface area contributed by atoms with Crippen LogP contribution in [0.15, 0.2) is 30.5 Å². The van der Waals surface area contributed by atoms with Crippen LogP contribution < -0.4 is 5.32 Å². The molecule has 3 rings (SSSR count). The lowest BCUT2D eigenvalue weighted by Gasteiger charge is -2.26. The lowest BCUT2D eigenvalue weighted by atomic mass is 10.3. The van der Waals surface area contributed by atoms with Crippen LogP contribution in [0.3, 0.4) is 0 Å². The van der Waals surface area contributed by atoms with Gasteiger partial charge in [-0.15, -0.1) is 0 Å². The number of nitrogens with one attached hydrogen (secondary N) is 1. The van der Waals surface area contributed by atoms with Crippen LogP contribution in [0.2, 0.25) is 0 Å². The van der Waals surface area contributed by atoms with Gasteiger partial charge in [0.2, 0.25) is 0 Å². The predicted octanol–water partition coefficient (Wildman–Crippen LogP) is 1.77. The molecule has 0 radical (unpaired) electrons. The Morgan fingerprint density at radius 3 is 2.80 bits per heavy atom. The maximum absolute atomic E-state index is 4.62. The Morgan fingerprint density at radius 2 is 1.95 bits per heavy atom. The minimum atomic E-state index is 0.792. The molecule has 1 aromatic heterocycles. The molecule has 1 N–H and O–H groups in total. The van der Waals surface area contributed by atoms with Gasteiger partial charge in [-0.2, -0.15) is 11.8 Å². The summed E-state index contributed by atoms with van der Waals surface area (Å²) >= 11 is 2.06. The summed E-state index contributed by atoms with van der Waals surface area (Å²) in [5, 5.41) is 3.46. The molecule has 4 nitrogen and oxygen atoms in total. The van der Waals surface area contributed by atoms with Crippen LogP contribution in [-0.2, 0) is 6.54 Å². The van der Waals surface area contributed by atoms with Crippen molar-refractivity contribution in [1.29, 1.82) is 0 Å². The SMILES string of the molecule is c1ccc2nc(CNCCN3CCSCC3)cnc2c1. The first-order chi connectivity index (χ1) is 9.92. The third-order valence-electron chi connectivity index (χ3n) is 3.51. The number of rotatable bonds is 5. The van der Waals surface area contributed by atoms with E-state index in [1.165, 1.54) is 24.6 Å². The smallest absolute Gasteiger partial charge is 0.0890 e. The van der Waals surface area contributed by atoms with Crippen molar-refractivity contribution in [3.8, 4) is 0 Å². The molecule has 5 heteroatoms. The first-order valence-electron chi connectivity index (χ1n) is 7.13. The van der Waals surface area contributed by atoms with Crippen molar-refractivity contribution >= 4 is 22.8 Å². The van der Waals surface area contributed by atoms with E-state index in [1.807, 2.05) is 30.5 Å². The molecule has 2 heterocycles. The Bertz CT molecular complexity index is 554. The number of benzene rings is 1. The number of aromatic nitrogens is 2. The Balaban J connectivity index is 1.47. The molecule has 0 saturated carbocycles. The summed E-state index contributed by atoms with van der Waals surface area (Å²) in [4.78, 5) is 11.6. The molecule has 0 amide bonds. The van der Waals surface area contributed by atoms with Gasteiger partial charge in [0.25, 0.3) is 0 Å². The molecule has 0 bridgehead atoms. The van der Waals surface area contributed by atoms with Crippen molar-refractivity contribution < 1.29 is 0 Å². The summed E-state index contributed by atoms with van der Waals surface area (Å²) in [5.74, 6) is 2.55. The molecule has 20 heavy (non-hydrogen) atoms. The Hall–Kier alpha value is -1.17. The van der Waals surface area contributed by atoms with Crippen molar-refractivity contribution in [2.24, 2.45) is 0 Å². The van der Waals surface area contributed by atoms with Crippen LogP contribution in [0, 0.1) is 0 Å². The highest BCUT2D eigenvalue weighted by molar-refractivity contribution is 7.99. The lowest BCUT2D eigenvalue weighted by Crippen LogP contribution is -2.37. The van der Waals surface area contributed by atoms with E-state index in [9.17, 15) is 0 Å². The number of hydrogen-bond acceptors (Lipinski definition) is 5. The van der Waals surface area contributed by atoms with Crippen LogP contribution in [0.5, 0.6) is 0 Å². The summed E-state index contributed by atoms with van der Waals surface area (Å²) in [5.41, 5.74) is 2.94. The molecule has 0 unspecified atom stereocenters. The normalized spacial score (nSPS) is 16.6. The molecule has 1 saturated heterocycles. The fraction of sp³-hybridized carbons (Fsp3) is 0.467. The number of hydrogen-bond donors (Lipinski definition) is 1. The topological polar surface area (TPSA) is 41.1 Å². The van der Waals surface area contributed by atoms with Gasteiger partial charge in [0.05, 0.1) is 22.9 Å². The van der Waals surface area contributed by atoms with Gasteiger partial charge < -0.3 is 10.2 Å². The van der Waals surface area contributed by atoms with E-state index in [0.717, 1.165) is 36.4 Å². The average Bonchev–Trinajstić information content (AvgIpc) is 2.52. The minimum Gasteiger partial charge on any atom is -0.310 e. The van der Waals surface area contributed by atoms with Gasteiger partial charge in [-0.1, -0.05) is 12.1 Å². The molecular formula is C15H20N4S. The van der Waals surface area contributed by atoms with E-state index in [-0.39, 0.29) is 0 Å². The van der Waals surface area contributed by atoms with Crippen molar-refractivity contribution in [1.82, 2.24) is 20.2 Å². The number of nitrogens with zero attached hydrogens (tertiary/aromatic N) is 3. The highest BCUT2D eigenvalue weighted by Gasteiger charge is 2.09. The third-order valence-corrected chi connectivity index (χ3v) is 4.46. The molecule has 0 spiro atoms. The van der Waals surface area contributed by atoms with Crippen LogP contribution in [-0.4, -0.2) is 52.6 Å². The van der Waals surface area contributed by atoms with Gasteiger partial charge in [-0.25, -0.2) is 4.98 Å². The van der Waals surface area contributed by atoms with E-state index in [0.29, 0.717) is 0 Å². The maximum Gasteiger partial charge on any atom is 0.0890 e. The van der Waals surface area contributed by atoms with E-state index in [2.05, 4.69) is 31.9 Å². The highest BCUT2D eigenvalue weighted by Crippen LogP contribution is 2.09. The van der Waals surface area contributed by atoms with E-state index < -0.39 is 0 Å². The number of fused-ring (bicyclic) bond motifs is 1. The lowest BCUT2D eigenvalue weighted by molar-refractivity contribution is 0.301. The van der Waals surface area contributed by atoms with Crippen LogP contribution >= 0.6 is 11.8 Å². The van der Waals surface area contributed by atoms with E-state index >= 15 is 0 Å². The Labute approximate surface area is 124 Å². The maximum atomic E-state index is 4.62. The molecule has 1 aliphatic rings. The van der Waals surface area contributed by atoms with Gasteiger partial charge in [0.15, 0.2) is 0 Å². The van der Waals surface area contributed by atoms with Crippen LogP contribution in [0.25, 0.3) is 11.0 Å². The average molecular weight is 288 g/mol. The summed E-state index contributed by atoms with van der Waals surface area (Å²) in [6, 6.07) is 8.00. The Morgan fingerprint density at radius 1 is 1.15 bits per heavy atom. The highest BCUT2D eigenvalue weighted by atomic mass is 32.2. The Kier molecular flexibility index (Phi) is 4.84. The second-order valence-corrected chi connectivity index (χ2v) is 6.21.